The molecule has 4 heteroatoms. The maximum absolute atomic E-state index is 5.73. The van der Waals surface area contributed by atoms with Crippen LogP contribution in [0.3, 0.4) is 0 Å². The van der Waals surface area contributed by atoms with Gasteiger partial charge in [0.1, 0.15) is 12.1 Å². The highest BCUT2D eigenvalue weighted by molar-refractivity contribution is 5.80. The Labute approximate surface area is 111 Å². The fourth-order valence-electron chi connectivity index (χ4n) is 1.93. The summed E-state index contributed by atoms with van der Waals surface area (Å²) in [5.74, 6) is 0.503. The van der Waals surface area contributed by atoms with Crippen molar-refractivity contribution in [1.29, 1.82) is 0 Å². The second-order valence-corrected chi connectivity index (χ2v) is 4.29. The molecule has 1 aromatic carbocycles. The third-order valence-corrected chi connectivity index (χ3v) is 2.93. The number of hydrogen-bond donors (Lipinski definition) is 0. The molecule has 0 aliphatic rings. The highest BCUT2D eigenvalue weighted by atomic mass is 16.5. The number of pyridine rings is 1. The van der Waals surface area contributed by atoms with Gasteiger partial charge in [0, 0.05) is 5.56 Å². The number of aryl methyl sites for hydroxylation is 1. The number of benzene rings is 1. The highest BCUT2D eigenvalue weighted by Gasteiger charge is 2.13. The number of nitrogens with zero attached hydrogens (tertiary/aromatic N) is 2. The number of fused-ring (bicyclic) bond motifs is 1. The van der Waals surface area contributed by atoms with Crippen molar-refractivity contribution in [2.75, 3.05) is 0 Å². The van der Waals surface area contributed by atoms with Crippen LogP contribution in [0.4, 0.5) is 0 Å². The van der Waals surface area contributed by atoms with Crippen LogP contribution < -0.4 is 4.74 Å². The summed E-state index contributed by atoms with van der Waals surface area (Å²) in [5.41, 5.74) is 3.86. The van der Waals surface area contributed by atoms with Gasteiger partial charge in [-0.1, -0.05) is 30.3 Å². The van der Waals surface area contributed by atoms with Crippen molar-refractivity contribution in [2.45, 2.75) is 13.5 Å². The Morgan fingerprint density at radius 2 is 2.05 bits per heavy atom. The molecule has 0 aliphatic carbocycles. The van der Waals surface area contributed by atoms with Gasteiger partial charge in [-0.15, -0.1) is 0 Å². The first-order valence-corrected chi connectivity index (χ1v) is 5.98. The van der Waals surface area contributed by atoms with Crippen molar-refractivity contribution in [3.05, 3.63) is 60.5 Å². The summed E-state index contributed by atoms with van der Waals surface area (Å²) >= 11 is 0. The van der Waals surface area contributed by atoms with Crippen LogP contribution in [0.5, 0.6) is 5.88 Å². The van der Waals surface area contributed by atoms with Crippen molar-refractivity contribution in [1.82, 2.24) is 9.97 Å². The quantitative estimate of drug-likeness (QED) is 0.718. The van der Waals surface area contributed by atoms with E-state index in [1.807, 2.05) is 37.3 Å². The maximum Gasteiger partial charge on any atom is 0.219 e. The van der Waals surface area contributed by atoms with Crippen molar-refractivity contribution < 1.29 is 9.15 Å². The van der Waals surface area contributed by atoms with E-state index in [2.05, 4.69) is 16.9 Å². The topological polar surface area (TPSA) is 48.2 Å². The Morgan fingerprint density at radius 3 is 2.84 bits per heavy atom. The monoisotopic (exact) mass is 253 g/mol. The Hall–Kier alpha value is -2.36. The van der Waals surface area contributed by atoms with Crippen LogP contribution in [0, 0.1) is 13.8 Å². The summed E-state index contributed by atoms with van der Waals surface area (Å²) in [5, 5.41) is 0. The standard InChI is InChI=1S/C15H13N2O2/c1-10-13-14(19-9-16-13)11(2)17-15(10)18-8-12-6-4-3-5-7-12/h3-7,9H,1,8H2,2H3. The van der Waals surface area contributed by atoms with Gasteiger partial charge in [-0.25, -0.2) is 9.97 Å². The lowest BCUT2D eigenvalue weighted by atomic mass is 10.2. The third-order valence-electron chi connectivity index (χ3n) is 2.93. The lowest BCUT2D eigenvalue weighted by molar-refractivity contribution is 0.292. The molecule has 19 heavy (non-hydrogen) atoms. The molecule has 2 heterocycles. The second-order valence-electron chi connectivity index (χ2n) is 4.29. The SMILES string of the molecule is [CH2]c1c(OCc2ccccc2)nc(C)c2ocnc12. The first-order valence-electron chi connectivity index (χ1n) is 5.98. The molecule has 0 fully saturated rings. The predicted octanol–water partition coefficient (Wildman–Crippen LogP) is 3.29. The molecule has 0 unspecified atom stereocenters. The number of rotatable bonds is 3. The zero-order chi connectivity index (χ0) is 13.2. The molecule has 4 nitrogen and oxygen atoms in total. The third kappa shape index (κ3) is 2.17. The van der Waals surface area contributed by atoms with Crippen LogP contribution in [-0.4, -0.2) is 9.97 Å². The van der Waals surface area contributed by atoms with E-state index in [0.717, 1.165) is 11.3 Å². The van der Waals surface area contributed by atoms with Gasteiger partial charge >= 0.3 is 0 Å². The van der Waals surface area contributed by atoms with E-state index < -0.39 is 0 Å². The van der Waals surface area contributed by atoms with Gasteiger partial charge in [-0.3, -0.25) is 0 Å². The summed E-state index contributed by atoms with van der Waals surface area (Å²) in [7, 11) is 0. The van der Waals surface area contributed by atoms with Gasteiger partial charge < -0.3 is 9.15 Å². The van der Waals surface area contributed by atoms with E-state index in [-0.39, 0.29) is 0 Å². The largest absolute Gasteiger partial charge is 0.473 e. The van der Waals surface area contributed by atoms with Crippen LogP contribution in [0.25, 0.3) is 11.1 Å². The van der Waals surface area contributed by atoms with Crippen LogP contribution in [-0.2, 0) is 6.61 Å². The molecule has 0 atom stereocenters. The van der Waals surface area contributed by atoms with E-state index in [1.165, 1.54) is 6.39 Å². The Morgan fingerprint density at radius 1 is 1.26 bits per heavy atom. The molecule has 95 valence electrons. The molecule has 0 spiro atoms. The minimum Gasteiger partial charge on any atom is -0.473 e. The van der Waals surface area contributed by atoms with Crippen LogP contribution in [0.2, 0.25) is 0 Å². The Bertz CT molecular complexity index is 705. The summed E-state index contributed by atoms with van der Waals surface area (Å²) in [4.78, 5) is 8.52. The first kappa shape index (κ1) is 11.7. The van der Waals surface area contributed by atoms with Crippen molar-refractivity contribution >= 4 is 11.1 Å². The minimum absolute atomic E-state index is 0.457. The normalized spacial score (nSPS) is 10.8. The fraction of sp³-hybridized carbons (Fsp3) is 0.133. The Kier molecular flexibility index (Phi) is 2.91. The van der Waals surface area contributed by atoms with Gasteiger partial charge in [0.25, 0.3) is 0 Å². The summed E-state index contributed by atoms with van der Waals surface area (Å²) < 4.78 is 11.0. The first-order chi connectivity index (χ1) is 9.25. The minimum atomic E-state index is 0.457. The number of hydrogen-bond acceptors (Lipinski definition) is 4. The van der Waals surface area contributed by atoms with E-state index in [1.54, 1.807) is 0 Å². The van der Waals surface area contributed by atoms with Gasteiger partial charge in [0.05, 0.1) is 5.69 Å². The fourth-order valence-corrected chi connectivity index (χ4v) is 1.93. The molecular formula is C15H13N2O2. The van der Waals surface area contributed by atoms with Crippen LogP contribution in [0.1, 0.15) is 16.8 Å². The molecule has 0 saturated heterocycles. The van der Waals surface area contributed by atoms with Gasteiger partial charge in [0.15, 0.2) is 12.0 Å². The highest BCUT2D eigenvalue weighted by Crippen LogP contribution is 2.26. The predicted molar refractivity (Wildman–Crippen MR) is 71.8 cm³/mol. The van der Waals surface area contributed by atoms with E-state index in [9.17, 15) is 0 Å². The van der Waals surface area contributed by atoms with Crippen LogP contribution in [0.15, 0.2) is 41.1 Å². The van der Waals surface area contributed by atoms with Gasteiger partial charge in [0.2, 0.25) is 5.88 Å². The molecule has 3 rings (SSSR count). The zero-order valence-electron chi connectivity index (χ0n) is 10.6. The van der Waals surface area contributed by atoms with E-state index >= 15 is 0 Å². The summed E-state index contributed by atoms with van der Waals surface area (Å²) in [6.07, 6.45) is 1.40. The number of ether oxygens (including phenoxy) is 1. The van der Waals surface area contributed by atoms with Crippen molar-refractivity contribution in [3.63, 3.8) is 0 Å². The van der Waals surface area contributed by atoms with E-state index in [0.29, 0.717) is 29.2 Å². The smallest absolute Gasteiger partial charge is 0.219 e. The molecule has 2 aromatic heterocycles. The van der Waals surface area contributed by atoms with Crippen molar-refractivity contribution in [2.24, 2.45) is 0 Å². The van der Waals surface area contributed by atoms with Crippen LogP contribution >= 0.6 is 0 Å². The zero-order valence-corrected chi connectivity index (χ0v) is 10.6. The molecule has 0 N–H and O–H groups in total. The molecule has 1 radical (unpaired) electrons. The average molecular weight is 253 g/mol. The molecular weight excluding hydrogens is 240 g/mol. The lowest BCUT2D eigenvalue weighted by Crippen LogP contribution is -2.00. The molecule has 0 bridgehead atoms. The van der Waals surface area contributed by atoms with Gasteiger partial charge in [-0.2, -0.15) is 0 Å². The number of aromatic nitrogens is 2. The molecule has 0 aliphatic heterocycles. The lowest BCUT2D eigenvalue weighted by Gasteiger charge is -2.09. The Balaban J connectivity index is 1.91. The molecule has 0 saturated carbocycles. The van der Waals surface area contributed by atoms with E-state index in [4.69, 9.17) is 9.15 Å². The summed E-state index contributed by atoms with van der Waals surface area (Å²) in [6, 6.07) is 9.93. The summed E-state index contributed by atoms with van der Waals surface area (Å²) in [6.45, 7) is 6.29. The molecule has 0 amide bonds. The number of oxazole rings is 1. The molecule has 3 aromatic rings. The maximum atomic E-state index is 5.73. The van der Waals surface area contributed by atoms with Crippen molar-refractivity contribution in [3.8, 4) is 5.88 Å². The van der Waals surface area contributed by atoms with Gasteiger partial charge in [-0.05, 0) is 19.4 Å². The second kappa shape index (κ2) is 4.72. The average Bonchev–Trinajstić information content (AvgIpc) is 2.92.